The summed E-state index contributed by atoms with van der Waals surface area (Å²) in [7, 11) is 0. The molecule has 38 heavy (non-hydrogen) atoms. The monoisotopic (exact) mass is 526 g/mol. The highest BCUT2D eigenvalue weighted by Crippen LogP contribution is 2.69. The molecule has 1 aromatic rings. The third-order valence-electron chi connectivity index (χ3n) is 12.2. The van der Waals surface area contributed by atoms with E-state index >= 15 is 0 Å². The van der Waals surface area contributed by atoms with E-state index in [1.807, 2.05) is 6.08 Å². The molecule has 0 saturated heterocycles. The van der Waals surface area contributed by atoms with Gasteiger partial charge in [-0.3, -0.25) is 0 Å². The van der Waals surface area contributed by atoms with E-state index in [2.05, 4.69) is 33.8 Å². The largest absolute Gasteiger partial charge is 0.478 e. The van der Waals surface area contributed by atoms with Crippen molar-refractivity contribution in [2.45, 2.75) is 97.7 Å². The molecule has 210 valence electrons. The van der Waals surface area contributed by atoms with E-state index in [1.54, 1.807) is 6.07 Å². The van der Waals surface area contributed by atoms with Crippen LogP contribution >= 0.6 is 0 Å². The molecule has 4 saturated carbocycles. The van der Waals surface area contributed by atoms with Crippen molar-refractivity contribution in [2.24, 2.45) is 52.3 Å². The summed E-state index contributed by atoms with van der Waals surface area (Å²) < 4.78 is 13.6. The van der Waals surface area contributed by atoms with Gasteiger partial charge in [0.05, 0.1) is 17.8 Å². The SMILES string of the molecule is CC[C@H]1C(O)C2C3CC[C@H]([C@H](C)C/C=C/c4ccc(F)cc4C(=O)O)[C@@]3(C)CCC2[C@@]2(C)CC[C@@H](O)C[C@@H]12. The summed E-state index contributed by atoms with van der Waals surface area (Å²) in [6.45, 7) is 9.52. The van der Waals surface area contributed by atoms with Gasteiger partial charge in [-0.2, -0.15) is 0 Å². The lowest BCUT2D eigenvalue weighted by Gasteiger charge is -2.64. The molecule has 3 N–H and O–H groups in total. The first-order valence-electron chi connectivity index (χ1n) is 15.1. The van der Waals surface area contributed by atoms with Gasteiger partial charge in [0.15, 0.2) is 0 Å². The molecule has 0 aromatic heterocycles. The number of fused-ring (bicyclic) bond motifs is 5. The minimum Gasteiger partial charge on any atom is -0.478 e. The highest BCUT2D eigenvalue weighted by Gasteiger charge is 2.64. The summed E-state index contributed by atoms with van der Waals surface area (Å²) in [6, 6.07) is 3.94. The predicted octanol–water partition coefficient (Wildman–Crippen LogP) is 7.19. The number of carboxylic acid groups (broad SMARTS) is 1. The van der Waals surface area contributed by atoms with Crippen molar-refractivity contribution < 1.29 is 24.5 Å². The third-order valence-corrected chi connectivity index (χ3v) is 12.2. The third kappa shape index (κ3) is 4.46. The summed E-state index contributed by atoms with van der Waals surface area (Å²) in [4.78, 5) is 11.6. The van der Waals surface area contributed by atoms with Gasteiger partial charge in [0, 0.05) is 0 Å². The van der Waals surface area contributed by atoms with E-state index in [4.69, 9.17) is 0 Å². The average molecular weight is 527 g/mol. The molecule has 5 heteroatoms. The number of hydrogen-bond donors (Lipinski definition) is 3. The maximum absolute atomic E-state index is 13.6. The summed E-state index contributed by atoms with van der Waals surface area (Å²) in [6.07, 6.45) is 12.8. The molecule has 0 heterocycles. The maximum atomic E-state index is 13.6. The number of aromatic carboxylic acids is 1. The lowest BCUT2D eigenvalue weighted by Crippen LogP contribution is -2.62. The highest BCUT2D eigenvalue weighted by molar-refractivity contribution is 5.92. The Morgan fingerprint density at radius 3 is 2.50 bits per heavy atom. The zero-order chi connectivity index (χ0) is 27.4. The molecule has 4 unspecified atom stereocenters. The second-order valence-electron chi connectivity index (χ2n) is 13.8. The second kappa shape index (κ2) is 10.4. The fraction of sp³-hybridized carbons (Fsp3) is 0.727. The number of rotatable bonds is 6. The Hall–Kier alpha value is -1.72. The van der Waals surface area contributed by atoms with Gasteiger partial charge in [0.2, 0.25) is 0 Å². The van der Waals surface area contributed by atoms with Crippen molar-refractivity contribution in [2.75, 3.05) is 0 Å². The molecule has 4 nitrogen and oxygen atoms in total. The van der Waals surface area contributed by atoms with E-state index in [1.165, 1.54) is 31.7 Å². The van der Waals surface area contributed by atoms with Crippen molar-refractivity contribution in [1.29, 1.82) is 0 Å². The molecule has 4 aliphatic rings. The molecule has 0 bridgehead atoms. The van der Waals surface area contributed by atoms with Gasteiger partial charge < -0.3 is 15.3 Å². The zero-order valence-corrected chi connectivity index (χ0v) is 23.6. The number of carboxylic acids is 1. The maximum Gasteiger partial charge on any atom is 0.336 e. The highest BCUT2D eigenvalue weighted by atomic mass is 19.1. The van der Waals surface area contributed by atoms with Crippen LogP contribution in [0.4, 0.5) is 4.39 Å². The molecule has 0 amide bonds. The lowest BCUT2D eigenvalue weighted by molar-refractivity contribution is -0.203. The van der Waals surface area contributed by atoms with E-state index in [-0.39, 0.29) is 34.5 Å². The fourth-order valence-corrected chi connectivity index (χ4v) is 10.4. The topological polar surface area (TPSA) is 77.8 Å². The van der Waals surface area contributed by atoms with Crippen molar-refractivity contribution in [3.8, 4) is 0 Å². The van der Waals surface area contributed by atoms with Crippen LogP contribution in [0.5, 0.6) is 0 Å². The molecule has 0 radical (unpaired) electrons. The number of aliphatic hydroxyl groups excluding tert-OH is 2. The Kier molecular flexibility index (Phi) is 7.58. The zero-order valence-electron chi connectivity index (χ0n) is 23.6. The molecule has 4 aliphatic carbocycles. The first-order chi connectivity index (χ1) is 18.0. The number of benzene rings is 1. The Morgan fingerprint density at radius 2 is 1.79 bits per heavy atom. The Balaban J connectivity index is 1.34. The van der Waals surface area contributed by atoms with Gasteiger partial charge >= 0.3 is 5.97 Å². The van der Waals surface area contributed by atoms with Crippen molar-refractivity contribution in [1.82, 2.24) is 0 Å². The smallest absolute Gasteiger partial charge is 0.336 e. The summed E-state index contributed by atoms with van der Waals surface area (Å²) in [5, 5.41) is 31.8. The molecule has 5 rings (SSSR count). The van der Waals surface area contributed by atoms with Crippen LogP contribution in [-0.4, -0.2) is 33.5 Å². The predicted molar refractivity (Wildman–Crippen MR) is 148 cm³/mol. The summed E-state index contributed by atoms with van der Waals surface area (Å²) in [5.41, 5.74) is 0.958. The summed E-state index contributed by atoms with van der Waals surface area (Å²) in [5.74, 6) is 1.48. The normalized spacial score (nSPS) is 43.3. The van der Waals surface area contributed by atoms with Crippen LogP contribution in [0.3, 0.4) is 0 Å². The molecule has 4 fully saturated rings. The first-order valence-corrected chi connectivity index (χ1v) is 15.1. The fourth-order valence-electron chi connectivity index (χ4n) is 10.4. The molecule has 0 aliphatic heterocycles. The Labute approximate surface area is 227 Å². The van der Waals surface area contributed by atoms with E-state index in [9.17, 15) is 24.5 Å². The average Bonchev–Trinajstić information content (AvgIpc) is 3.23. The molecule has 0 spiro atoms. The lowest BCUT2D eigenvalue weighted by atomic mass is 9.41. The van der Waals surface area contributed by atoms with E-state index in [0.717, 1.165) is 38.2 Å². The van der Waals surface area contributed by atoms with Crippen LogP contribution in [-0.2, 0) is 0 Å². The first kappa shape index (κ1) is 27.8. The van der Waals surface area contributed by atoms with E-state index in [0.29, 0.717) is 41.1 Å². The number of aliphatic hydroxyl groups is 2. The second-order valence-corrected chi connectivity index (χ2v) is 13.8. The molecular weight excluding hydrogens is 479 g/mol. The van der Waals surface area contributed by atoms with Gasteiger partial charge in [-0.05, 0) is 121 Å². The molecule has 1 aromatic carbocycles. The van der Waals surface area contributed by atoms with Gasteiger partial charge in [-0.1, -0.05) is 52.3 Å². The van der Waals surface area contributed by atoms with Gasteiger partial charge in [-0.15, -0.1) is 0 Å². The van der Waals surface area contributed by atoms with Gasteiger partial charge in [-0.25, -0.2) is 9.18 Å². The van der Waals surface area contributed by atoms with Crippen molar-refractivity contribution >= 4 is 12.0 Å². The van der Waals surface area contributed by atoms with Crippen LogP contribution in [0.25, 0.3) is 6.08 Å². The molecular formula is C33H47FO4. The quantitative estimate of drug-likeness (QED) is 0.367. The van der Waals surface area contributed by atoms with Gasteiger partial charge in [0.25, 0.3) is 0 Å². The van der Waals surface area contributed by atoms with E-state index < -0.39 is 11.8 Å². The number of carbonyl (C=O) groups is 1. The number of hydrogen-bond acceptors (Lipinski definition) is 3. The van der Waals surface area contributed by atoms with Crippen molar-refractivity contribution in [3.05, 3.63) is 41.2 Å². The van der Waals surface area contributed by atoms with Crippen LogP contribution in [0, 0.1) is 58.1 Å². The minimum absolute atomic E-state index is 0.00101. The minimum atomic E-state index is -1.11. The van der Waals surface area contributed by atoms with Crippen LogP contribution in [0.1, 0.15) is 101 Å². The van der Waals surface area contributed by atoms with Crippen molar-refractivity contribution in [3.63, 3.8) is 0 Å². The standard InChI is InChI=1S/C33H47FO4/c1-5-23-28-18-22(35)13-15-33(28,4)27-14-16-32(3)25(11-12-26(32)29(27)30(23)36)19(2)7-6-8-20-9-10-21(34)17-24(20)31(37)38/h6,8-10,17,19,22-23,25-30,35-36H,5,7,11-16,18H2,1-4H3,(H,37,38)/b8-6+/t19-,22-,23-,25-,26?,27?,28+,29?,30?,32-,33-/m1/s1. The summed E-state index contributed by atoms with van der Waals surface area (Å²) >= 11 is 0. The van der Waals surface area contributed by atoms with Crippen LogP contribution in [0.15, 0.2) is 24.3 Å². The van der Waals surface area contributed by atoms with Crippen LogP contribution in [0.2, 0.25) is 0 Å². The number of allylic oxidation sites excluding steroid dienone is 1. The Morgan fingerprint density at radius 1 is 1.08 bits per heavy atom. The van der Waals surface area contributed by atoms with Gasteiger partial charge in [0.1, 0.15) is 5.82 Å². The Bertz CT molecular complexity index is 1070. The molecule has 11 atom stereocenters. The van der Waals surface area contributed by atoms with Crippen LogP contribution < -0.4 is 0 Å². The number of halogens is 1.